The van der Waals surface area contributed by atoms with E-state index < -0.39 is 11.9 Å². The van der Waals surface area contributed by atoms with Gasteiger partial charge in [0.2, 0.25) is 5.91 Å². The summed E-state index contributed by atoms with van der Waals surface area (Å²) in [6, 6.07) is 19.6. The second-order valence-corrected chi connectivity index (χ2v) is 11.9. The molecule has 0 atom stereocenters. The smallest absolute Gasteiger partial charge is 0.323 e. The van der Waals surface area contributed by atoms with Gasteiger partial charge in [0, 0.05) is 35.3 Å². The summed E-state index contributed by atoms with van der Waals surface area (Å²) in [5.41, 5.74) is 11.0. The lowest BCUT2D eigenvalue weighted by molar-refractivity contribution is -0.113. The molecule has 8 heteroatoms. The quantitative estimate of drug-likeness (QED) is 0.196. The van der Waals surface area contributed by atoms with E-state index in [1.807, 2.05) is 48.7 Å². The fourth-order valence-corrected chi connectivity index (χ4v) is 5.48. The van der Waals surface area contributed by atoms with Crippen LogP contribution in [0.2, 0.25) is 0 Å². The van der Waals surface area contributed by atoms with E-state index in [-0.39, 0.29) is 5.41 Å². The number of benzene rings is 3. The number of amides is 3. The molecule has 0 saturated carbocycles. The van der Waals surface area contributed by atoms with Crippen LogP contribution in [0.4, 0.5) is 16.2 Å². The third kappa shape index (κ3) is 7.04. The number of nitrogens with two attached hydrogens (primary N) is 1. The van der Waals surface area contributed by atoms with Crippen molar-refractivity contribution in [2.45, 2.75) is 45.6 Å². The third-order valence-electron chi connectivity index (χ3n) is 7.76. The zero-order chi connectivity index (χ0) is 30.6. The second-order valence-electron chi connectivity index (χ2n) is 11.9. The van der Waals surface area contributed by atoms with Gasteiger partial charge in [-0.05, 0) is 78.2 Å². The number of anilines is 2. The van der Waals surface area contributed by atoms with E-state index >= 15 is 0 Å². The Balaban J connectivity index is 1.41. The SMILES string of the molecule is COc1c(C=CC(N)=O)cc(C(C)(C)C)cc1NC(=O)Nc1ccc(-c2ccc(CN3CCCC3)nc2)c2ccccc12. The van der Waals surface area contributed by atoms with Gasteiger partial charge in [-0.25, -0.2) is 4.79 Å². The lowest BCUT2D eigenvalue weighted by Gasteiger charge is -2.23. The normalized spacial score (nSPS) is 13.9. The number of hydrogen-bond donors (Lipinski definition) is 3. The molecule has 1 fully saturated rings. The Bertz CT molecular complexity index is 1670. The largest absolute Gasteiger partial charge is 0.494 e. The van der Waals surface area contributed by atoms with Crippen molar-refractivity contribution < 1.29 is 14.3 Å². The number of rotatable bonds is 8. The number of nitrogens with zero attached hydrogens (tertiary/aromatic N) is 2. The van der Waals surface area contributed by atoms with E-state index in [1.54, 1.807) is 6.08 Å². The van der Waals surface area contributed by atoms with Crippen molar-refractivity contribution in [2.24, 2.45) is 5.73 Å². The maximum absolute atomic E-state index is 13.4. The van der Waals surface area contributed by atoms with Gasteiger partial charge in [-0.3, -0.25) is 14.7 Å². The highest BCUT2D eigenvalue weighted by Gasteiger charge is 2.21. The van der Waals surface area contributed by atoms with Crippen LogP contribution in [0.1, 0.15) is 50.4 Å². The van der Waals surface area contributed by atoms with Gasteiger partial charge in [0.25, 0.3) is 0 Å². The van der Waals surface area contributed by atoms with E-state index in [1.165, 1.54) is 26.0 Å². The summed E-state index contributed by atoms with van der Waals surface area (Å²) in [6.07, 6.45) is 7.33. The van der Waals surface area contributed by atoms with Crippen LogP contribution in [0.5, 0.6) is 5.75 Å². The van der Waals surface area contributed by atoms with Crippen LogP contribution in [-0.2, 0) is 16.8 Å². The number of hydrogen-bond acceptors (Lipinski definition) is 5. The number of ether oxygens (including phenoxy) is 1. The summed E-state index contributed by atoms with van der Waals surface area (Å²) in [5, 5.41) is 7.91. The Hall–Kier alpha value is -4.69. The van der Waals surface area contributed by atoms with Crippen LogP contribution < -0.4 is 21.1 Å². The van der Waals surface area contributed by atoms with Gasteiger partial charge in [-0.2, -0.15) is 0 Å². The molecule has 3 amide bonds. The number of pyridine rings is 1. The number of aromatic nitrogens is 1. The maximum atomic E-state index is 13.4. The standard InChI is InChI=1S/C35H39N5O3/c1-35(2,3)25-19-23(12-16-32(36)41)33(43-4)31(20-25)39-34(42)38-30-15-14-27(28-9-5-6-10-29(28)30)24-11-13-26(37-21-24)22-40-17-7-8-18-40/h5-6,9-16,19-21H,7-8,17-18,22H2,1-4H3,(H2,36,41)(H2,38,39,42). The summed E-state index contributed by atoms with van der Waals surface area (Å²) in [4.78, 5) is 32.0. The van der Waals surface area contributed by atoms with E-state index in [9.17, 15) is 9.59 Å². The van der Waals surface area contributed by atoms with Gasteiger partial charge in [-0.15, -0.1) is 0 Å². The molecule has 1 aliphatic heterocycles. The predicted octanol–water partition coefficient (Wildman–Crippen LogP) is 6.95. The number of methoxy groups -OCH3 is 1. The zero-order valence-corrected chi connectivity index (χ0v) is 25.2. The Morgan fingerprint density at radius 2 is 1.70 bits per heavy atom. The van der Waals surface area contributed by atoms with Crippen LogP contribution in [0.25, 0.3) is 28.0 Å². The number of carbonyl (C=O) groups is 2. The molecular formula is C35H39N5O3. The van der Waals surface area contributed by atoms with Gasteiger partial charge >= 0.3 is 6.03 Å². The summed E-state index contributed by atoms with van der Waals surface area (Å²) in [6.45, 7) is 9.38. The van der Waals surface area contributed by atoms with Crippen molar-refractivity contribution in [3.63, 3.8) is 0 Å². The van der Waals surface area contributed by atoms with Crippen LogP contribution in [0.15, 0.2) is 72.9 Å². The molecule has 0 radical (unpaired) electrons. The highest BCUT2D eigenvalue weighted by molar-refractivity contribution is 6.10. The second kappa shape index (κ2) is 12.7. The monoisotopic (exact) mass is 577 g/mol. The summed E-state index contributed by atoms with van der Waals surface area (Å²) in [7, 11) is 1.52. The molecule has 0 unspecified atom stereocenters. The highest BCUT2D eigenvalue weighted by atomic mass is 16.5. The zero-order valence-electron chi connectivity index (χ0n) is 25.2. The van der Waals surface area contributed by atoms with Gasteiger partial charge in [-0.1, -0.05) is 57.2 Å². The molecule has 0 aliphatic carbocycles. The number of primary amides is 1. The van der Waals surface area contributed by atoms with E-state index in [0.717, 1.165) is 52.8 Å². The van der Waals surface area contributed by atoms with E-state index in [0.29, 0.717) is 22.7 Å². The van der Waals surface area contributed by atoms with Crippen molar-refractivity contribution in [3.05, 3.63) is 89.8 Å². The van der Waals surface area contributed by atoms with E-state index in [4.69, 9.17) is 15.5 Å². The van der Waals surface area contributed by atoms with Crippen molar-refractivity contribution in [3.8, 4) is 16.9 Å². The molecule has 0 spiro atoms. The first kappa shape index (κ1) is 29.8. The number of carbonyl (C=O) groups excluding carboxylic acids is 2. The average molecular weight is 578 g/mol. The van der Waals surface area contributed by atoms with Crippen LogP contribution in [0.3, 0.4) is 0 Å². The third-order valence-corrected chi connectivity index (χ3v) is 7.76. The number of nitrogens with one attached hydrogen (secondary N) is 2. The van der Waals surface area contributed by atoms with Crippen molar-refractivity contribution in [1.29, 1.82) is 0 Å². The molecule has 1 aromatic heterocycles. The molecule has 8 nitrogen and oxygen atoms in total. The lowest BCUT2D eigenvalue weighted by atomic mass is 9.85. The van der Waals surface area contributed by atoms with Gasteiger partial charge in [0.05, 0.1) is 24.2 Å². The Morgan fingerprint density at radius 3 is 2.35 bits per heavy atom. The molecule has 222 valence electrons. The lowest BCUT2D eigenvalue weighted by Crippen LogP contribution is -2.21. The molecule has 2 heterocycles. The van der Waals surface area contributed by atoms with E-state index in [2.05, 4.69) is 54.5 Å². The average Bonchev–Trinajstić information content (AvgIpc) is 3.49. The number of fused-ring (bicyclic) bond motifs is 1. The molecule has 5 rings (SSSR count). The van der Waals surface area contributed by atoms with Gasteiger partial charge in [0.1, 0.15) is 5.75 Å². The number of likely N-dealkylation sites (tertiary alicyclic amines) is 1. The van der Waals surface area contributed by atoms with Crippen molar-refractivity contribution in [1.82, 2.24) is 9.88 Å². The van der Waals surface area contributed by atoms with Gasteiger partial charge in [0.15, 0.2) is 0 Å². The Kier molecular flexibility index (Phi) is 8.78. The molecule has 1 saturated heterocycles. The van der Waals surface area contributed by atoms with Crippen LogP contribution >= 0.6 is 0 Å². The molecule has 3 aromatic carbocycles. The van der Waals surface area contributed by atoms with Crippen molar-refractivity contribution >= 4 is 40.2 Å². The number of urea groups is 1. The summed E-state index contributed by atoms with van der Waals surface area (Å²) < 4.78 is 5.65. The first-order valence-electron chi connectivity index (χ1n) is 14.6. The Labute approximate surface area is 252 Å². The Morgan fingerprint density at radius 1 is 0.977 bits per heavy atom. The highest BCUT2D eigenvalue weighted by Crippen LogP contribution is 2.37. The topological polar surface area (TPSA) is 110 Å². The first-order chi connectivity index (χ1) is 20.6. The fourth-order valence-electron chi connectivity index (χ4n) is 5.48. The molecule has 4 aromatic rings. The summed E-state index contributed by atoms with van der Waals surface area (Å²) >= 11 is 0. The fraction of sp³-hybridized carbons (Fsp3) is 0.286. The van der Waals surface area contributed by atoms with Crippen LogP contribution in [0, 0.1) is 0 Å². The molecular weight excluding hydrogens is 538 g/mol. The molecule has 0 bridgehead atoms. The van der Waals surface area contributed by atoms with Crippen molar-refractivity contribution in [2.75, 3.05) is 30.8 Å². The molecule has 4 N–H and O–H groups in total. The van der Waals surface area contributed by atoms with Gasteiger partial charge < -0.3 is 21.1 Å². The minimum absolute atomic E-state index is 0.220. The maximum Gasteiger partial charge on any atom is 0.323 e. The summed E-state index contributed by atoms with van der Waals surface area (Å²) in [5.74, 6) is -0.138. The minimum Gasteiger partial charge on any atom is -0.494 e. The predicted molar refractivity (Wildman–Crippen MR) is 174 cm³/mol. The minimum atomic E-state index is -0.570. The molecule has 43 heavy (non-hydrogen) atoms. The first-order valence-corrected chi connectivity index (χ1v) is 14.6. The van der Waals surface area contributed by atoms with Crippen LogP contribution in [-0.4, -0.2) is 42.0 Å². The molecule has 1 aliphatic rings.